The molecule has 0 saturated heterocycles. The minimum Gasteiger partial charge on any atom is -0.388 e. The number of ether oxygens (including phenoxy) is 1. The van der Waals surface area contributed by atoms with Crippen LogP contribution in [0.4, 0.5) is 19.0 Å². The molecule has 1 atom stereocenters. The predicted molar refractivity (Wildman–Crippen MR) is 130 cm³/mol. The van der Waals surface area contributed by atoms with Crippen LogP contribution in [-0.2, 0) is 0 Å². The first-order valence-electron chi connectivity index (χ1n) is 11.7. The van der Waals surface area contributed by atoms with Crippen molar-refractivity contribution in [3.63, 3.8) is 0 Å². The molecule has 5 nitrogen and oxygen atoms in total. The molecule has 2 rings (SSSR count). The molecule has 1 unspecified atom stereocenters. The SMILES string of the molecule is CCCCl.CCCN(CCC(C)CC)c1cc(C(C)C)n(-c2ccc(OC(F)(F)F)nc2)n1. The molecule has 0 radical (unpaired) electrons. The van der Waals surface area contributed by atoms with Gasteiger partial charge in [-0.3, -0.25) is 0 Å². The summed E-state index contributed by atoms with van der Waals surface area (Å²) in [5.74, 6) is 2.03. The number of hydrogen-bond donors (Lipinski definition) is 0. The van der Waals surface area contributed by atoms with E-state index in [2.05, 4.69) is 55.3 Å². The van der Waals surface area contributed by atoms with Crippen molar-refractivity contribution in [1.29, 1.82) is 0 Å². The standard InChI is InChI=1S/C21H31F3N4O.C3H7Cl/c1-6-11-27(12-10-16(5)7-2)19-13-18(15(3)4)28(26-19)17-8-9-20(25-14-17)29-21(22,23)24;1-2-3-4/h8-9,13-16H,6-7,10-12H2,1-5H3;2-3H2,1H3. The van der Waals surface area contributed by atoms with Gasteiger partial charge in [-0.15, -0.1) is 29.9 Å². The minimum absolute atomic E-state index is 0.195. The van der Waals surface area contributed by atoms with E-state index in [1.807, 2.05) is 6.92 Å². The lowest BCUT2D eigenvalue weighted by molar-refractivity contribution is -0.276. The van der Waals surface area contributed by atoms with E-state index < -0.39 is 12.2 Å². The topological polar surface area (TPSA) is 43.2 Å². The Morgan fingerprint density at radius 3 is 2.21 bits per heavy atom. The molecule has 2 aromatic heterocycles. The Balaban J connectivity index is 0.00000125. The van der Waals surface area contributed by atoms with Crippen molar-refractivity contribution in [3.8, 4) is 11.6 Å². The summed E-state index contributed by atoms with van der Waals surface area (Å²) in [4.78, 5) is 6.07. The van der Waals surface area contributed by atoms with Gasteiger partial charge in [0.1, 0.15) is 0 Å². The van der Waals surface area contributed by atoms with Crippen molar-refractivity contribution in [2.75, 3.05) is 23.9 Å². The molecule has 9 heteroatoms. The van der Waals surface area contributed by atoms with Crippen LogP contribution < -0.4 is 9.64 Å². The summed E-state index contributed by atoms with van der Waals surface area (Å²) < 4.78 is 42.7. The highest BCUT2D eigenvalue weighted by molar-refractivity contribution is 6.17. The number of pyridine rings is 1. The first kappa shape index (κ1) is 29.1. The molecule has 2 heterocycles. The summed E-state index contributed by atoms with van der Waals surface area (Å²) in [7, 11) is 0. The molecule has 0 aliphatic heterocycles. The summed E-state index contributed by atoms with van der Waals surface area (Å²) in [5, 5.41) is 4.77. The zero-order valence-corrected chi connectivity index (χ0v) is 21.4. The third kappa shape index (κ3) is 10.2. The molecule has 0 amide bonds. The van der Waals surface area contributed by atoms with Crippen LogP contribution >= 0.6 is 11.6 Å². The van der Waals surface area contributed by atoms with Crippen LogP contribution in [-0.4, -0.2) is 40.1 Å². The van der Waals surface area contributed by atoms with E-state index in [-0.39, 0.29) is 5.92 Å². The van der Waals surface area contributed by atoms with Crippen LogP contribution in [0.15, 0.2) is 24.4 Å². The van der Waals surface area contributed by atoms with Crippen molar-refractivity contribution >= 4 is 17.4 Å². The van der Waals surface area contributed by atoms with E-state index in [4.69, 9.17) is 16.7 Å². The van der Waals surface area contributed by atoms with Crippen molar-refractivity contribution in [2.24, 2.45) is 5.92 Å². The molecule has 0 spiro atoms. The van der Waals surface area contributed by atoms with Gasteiger partial charge in [0.2, 0.25) is 5.88 Å². The first-order chi connectivity index (χ1) is 15.6. The van der Waals surface area contributed by atoms with Crippen molar-refractivity contribution < 1.29 is 17.9 Å². The highest BCUT2D eigenvalue weighted by atomic mass is 35.5. The molecule has 188 valence electrons. The number of hydrogen-bond acceptors (Lipinski definition) is 4. The third-order valence-corrected chi connectivity index (χ3v) is 5.47. The molecule has 0 aliphatic carbocycles. The summed E-state index contributed by atoms with van der Waals surface area (Å²) in [6, 6.07) is 4.82. The number of alkyl halides is 4. The average molecular weight is 491 g/mol. The van der Waals surface area contributed by atoms with E-state index >= 15 is 0 Å². The molecule has 2 aromatic rings. The normalized spacial score (nSPS) is 12.3. The number of nitrogens with zero attached hydrogens (tertiary/aromatic N) is 4. The number of anilines is 1. The smallest absolute Gasteiger partial charge is 0.388 e. The Kier molecular flexibility index (Phi) is 12.6. The van der Waals surface area contributed by atoms with Gasteiger partial charge in [0.15, 0.2) is 5.82 Å². The summed E-state index contributed by atoms with van der Waals surface area (Å²) in [5.41, 5.74) is 1.59. The molecule has 0 fully saturated rings. The van der Waals surface area contributed by atoms with Gasteiger partial charge in [-0.2, -0.15) is 0 Å². The summed E-state index contributed by atoms with van der Waals surface area (Å²) in [6.45, 7) is 14.6. The van der Waals surface area contributed by atoms with Gasteiger partial charge in [-0.25, -0.2) is 9.67 Å². The molecule has 33 heavy (non-hydrogen) atoms. The first-order valence-corrected chi connectivity index (χ1v) is 12.2. The Morgan fingerprint density at radius 1 is 1.09 bits per heavy atom. The van der Waals surface area contributed by atoms with E-state index in [0.29, 0.717) is 11.6 Å². The maximum Gasteiger partial charge on any atom is 0.574 e. The van der Waals surface area contributed by atoms with E-state index in [0.717, 1.165) is 56.2 Å². The van der Waals surface area contributed by atoms with Gasteiger partial charge in [-0.1, -0.05) is 48.0 Å². The lowest BCUT2D eigenvalue weighted by atomic mass is 10.1. The fourth-order valence-electron chi connectivity index (χ4n) is 3.02. The monoisotopic (exact) mass is 490 g/mol. The molecular formula is C24H38ClF3N4O. The van der Waals surface area contributed by atoms with Gasteiger partial charge in [0, 0.05) is 36.8 Å². The second-order valence-electron chi connectivity index (χ2n) is 8.37. The van der Waals surface area contributed by atoms with Gasteiger partial charge in [-0.05, 0) is 37.2 Å². The lowest BCUT2D eigenvalue weighted by Gasteiger charge is -2.23. The van der Waals surface area contributed by atoms with Crippen LogP contribution in [0, 0.1) is 5.92 Å². The Hall–Kier alpha value is -1.96. The van der Waals surface area contributed by atoms with E-state index in [1.165, 1.54) is 12.3 Å². The maximum atomic E-state index is 12.4. The van der Waals surface area contributed by atoms with Gasteiger partial charge in [0.25, 0.3) is 0 Å². The third-order valence-electron chi connectivity index (χ3n) is 5.10. The fourth-order valence-corrected chi connectivity index (χ4v) is 3.02. The molecule has 0 saturated carbocycles. The molecule has 0 N–H and O–H groups in total. The number of rotatable bonds is 11. The van der Waals surface area contributed by atoms with Crippen LogP contribution in [0.2, 0.25) is 0 Å². The van der Waals surface area contributed by atoms with Crippen LogP contribution in [0.25, 0.3) is 5.69 Å². The Morgan fingerprint density at radius 2 is 1.76 bits per heavy atom. The molecule has 0 bridgehead atoms. The lowest BCUT2D eigenvalue weighted by Crippen LogP contribution is -2.27. The predicted octanol–water partition coefficient (Wildman–Crippen LogP) is 7.58. The molecule has 0 aromatic carbocycles. The Bertz CT molecular complexity index is 792. The highest BCUT2D eigenvalue weighted by Gasteiger charge is 2.31. The highest BCUT2D eigenvalue weighted by Crippen LogP contribution is 2.27. The quantitative estimate of drug-likeness (QED) is 0.304. The van der Waals surface area contributed by atoms with E-state index in [9.17, 15) is 13.2 Å². The Labute approximate surface area is 201 Å². The van der Waals surface area contributed by atoms with E-state index in [1.54, 1.807) is 10.7 Å². The molecule has 0 aliphatic rings. The largest absolute Gasteiger partial charge is 0.574 e. The summed E-state index contributed by atoms with van der Waals surface area (Å²) >= 11 is 5.19. The average Bonchev–Trinajstić information content (AvgIpc) is 3.21. The van der Waals surface area contributed by atoms with Crippen molar-refractivity contribution in [1.82, 2.24) is 14.8 Å². The number of aromatic nitrogens is 3. The van der Waals surface area contributed by atoms with Crippen LogP contribution in [0.1, 0.15) is 78.8 Å². The second kappa shape index (κ2) is 14.3. The fraction of sp³-hybridized carbons (Fsp3) is 0.667. The zero-order valence-electron chi connectivity index (χ0n) is 20.6. The maximum absolute atomic E-state index is 12.4. The van der Waals surface area contributed by atoms with Gasteiger partial charge in [0.05, 0.1) is 11.9 Å². The van der Waals surface area contributed by atoms with Crippen LogP contribution in [0.3, 0.4) is 0 Å². The zero-order chi connectivity index (χ0) is 25.0. The number of halogens is 4. The van der Waals surface area contributed by atoms with Crippen LogP contribution in [0.5, 0.6) is 5.88 Å². The molecular weight excluding hydrogens is 453 g/mol. The van der Waals surface area contributed by atoms with Crippen molar-refractivity contribution in [3.05, 3.63) is 30.1 Å². The minimum atomic E-state index is -4.76. The van der Waals surface area contributed by atoms with Crippen molar-refractivity contribution in [2.45, 2.75) is 79.5 Å². The van der Waals surface area contributed by atoms with Gasteiger partial charge < -0.3 is 9.64 Å². The van der Waals surface area contributed by atoms with Gasteiger partial charge >= 0.3 is 6.36 Å². The summed E-state index contributed by atoms with van der Waals surface area (Å²) in [6.07, 6.45) is 0.922. The second-order valence-corrected chi connectivity index (χ2v) is 8.75.